The topological polar surface area (TPSA) is 118 Å². The fourth-order valence-electron chi connectivity index (χ4n) is 3.91. The lowest BCUT2D eigenvalue weighted by Crippen LogP contribution is -2.16. The summed E-state index contributed by atoms with van der Waals surface area (Å²) in [4.78, 5) is 44.3. The third-order valence-corrected chi connectivity index (χ3v) is 6.70. The predicted octanol–water partition coefficient (Wildman–Crippen LogP) is 6.36. The van der Waals surface area contributed by atoms with Gasteiger partial charge in [0, 0.05) is 23.3 Å². The van der Waals surface area contributed by atoms with Crippen LogP contribution < -0.4 is 19.7 Å². The van der Waals surface area contributed by atoms with Gasteiger partial charge in [-0.1, -0.05) is 23.2 Å². The Kier molecular flexibility index (Phi) is 8.57. The first kappa shape index (κ1) is 28.4. The highest BCUT2D eigenvalue weighted by Gasteiger charge is 2.22. The van der Waals surface area contributed by atoms with E-state index in [1.165, 1.54) is 44.6 Å². The molecule has 4 rings (SSSR count). The molecule has 0 aliphatic heterocycles. The number of hydrogen-bond acceptors (Lipinski definition) is 7. The molecule has 1 aromatic heterocycles. The minimum absolute atomic E-state index is 0.000693. The first-order valence-corrected chi connectivity index (χ1v) is 12.5. The second-order valence-corrected chi connectivity index (χ2v) is 9.26. The summed E-state index contributed by atoms with van der Waals surface area (Å²) in [5.74, 6) is -2.00. The van der Waals surface area contributed by atoms with Gasteiger partial charge in [-0.2, -0.15) is 0 Å². The van der Waals surface area contributed by atoms with Crippen LogP contribution in [-0.4, -0.2) is 49.0 Å². The largest absolute Gasteiger partial charge is 0.493 e. The summed E-state index contributed by atoms with van der Waals surface area (Å²) < 4.78 is 10.4. The number of nitrogens with one attached hydrogen (secondary N) is 1. The van der Waals surface area contributed by atoms with Crippen LogP contribution in [-0.2, 0) is 0 Å². The molecule has 0 atom stereocenters. The average molecular weight is 580 g/mol. The molecule has 40 heavy (non-hydrogen) atoms. The number of ketones is 1. The number of carbonyl (C=O) groups excluding carboxylic acids is 2. The zero-order valence-electron chi connectivity index (χ0n) is 21.6. The van der Waals surface area contributed by atoms with Crippen molar-refractivity contribution in [2.24, 2.45) is 0 Å². The van der Waals surface area contributed by atoms with E-state index in [2.05, 4.69) is 10.3 Å². The summed E-state index contributed by atoms with van der Waals surface area (Å²) in [5.41, 5.74) is 1.57. The number of hydrogen-bond donors (Lipinski definition) is 2. The Hall–Kier alpha value is -4.60. The van der Waals surface area contributed by atoms with E-state index in [9.17, 15) is 19.5 Å². The molecule has 204 valence electrons. The van der Waals surface area contributed by atoms with E-state index in [1.807, 2.05) is 24.1 Å². The molecule has 0 radical (unpaired) electrons. The maximum absolute atomic E-state index is 13.1. The molecular formula is C29H23Cl2N3O6. The molecule has 3 aromatic carbocycles. The van der Waals surface area contributed by atoms with Crippen molar-refractivity contribution in [3.05, 3.63) is 105 Å². The van der Waals surface area contributed by atoms with Crippen molar-refractivity contribution >= 4 is 57.9 Å². The van der Waals surface area contributed by atoms with Crippen LogP contribution in [0.1, 0.15) is 36.8 Å². The number of halogens is 2. The smallest absolute Gasteiger partial charge is 0.337 e. The van der Waals surface area contributed by atoms with E-state index in [0.29, 0.717) is 10.8 Å². The number of anilines is 3. The zero-order chi connectivity index (χ0) is 29.0. The number of rotatable bonds is 9. The number of benzene rings is 3. The second kappa shape index (κ2) is 12.1. The normalized spacial score (nSPS) is 10.5. The molecular weight excluding hydrogens is 557 g/mol. The summed E-state index contributed by atoms with van der Waals surface area (Å²) in [5, 5.41) is 13.0. The van der Waals surface area contributed by atoms with Gasteiger partial charge in [-0.25, -0.2) is 4.79 Å². The van der Waals surface area contributed by atoms with Crippen molar-refractivity contribution in [3.8, 4) is 11.5 Å². The van der Waals surface area contributed by atoms with E-state index < -0.39 is 17.7 Å². The minimum atomic E-state index is -1.34. The molecule has 0 unspecified atom stereocenters. The molecule has 0 saturated carbocycles. The third-order valence-electron chi connectivity index (χ3n) is 6.07. The van der Waals surface area contributed by atoms with Crippen LogP contribution in [0.25, 0.3) is 0 Å². The predicted molar refractivity (Wildman–Crippen MR) is 153 cm³/mol. The van der Waals surface area contributed by atoms with Gasteiger partial charge in [-0.15, -0.1) is 0 Å². The van der Waals surface area contributed by atoms with Gasteiger partial charge in [0.15, 0.2) is 11.5 Å². The van der Waals surface area contributed by atoms with E-state index in [4.69, 9.17) is 32.7 Å². The highest BCUT2D eigenvalue weighted by Crippen LogP contribution is 2.37. The van der Waals surface area contributed by atoms with Crippen molar-refractivity contribution < 1.29 is 29.0 Å². The van der Waals surface area contributed by atoms with E-state index in [1.54, 1.807) is 30.5 Å². The van der Waals surface area contributed by atoms with Gasteiger partial charge in [0.1, 0.15) is 5.69 Å². The highest BCUT2D eigenvalue weighted by atomic mass is 35.5. The molecule has 2 N–H and O–H groups in total. The Balaban J connectivity index is 1.56. The van der Waals surface area contributed by atoms with Crippen LogP contribution in [0.4, 0.5) is 17.1 Å². The van der Waals surface area contributed by atoms with Crippen molar-refractivity contribution in [3.63, 3.8) is 0 Å². The maximum atomic E-state index is 13.1. The van der Waals surface area contributed by atoms with Crippen LogP contribution in [0.5, 0.6) is 11.5 Å². The number of carbonyl (C=O) groups is 3. The van der Waals surface area contributed by atoms with E-state index in [0.717, 1.165) is 11.4 Å². The van der Waals surface area contributed by atoms with E-state index in [-0.39, 0.29) is 38.8 Å². The van der Waals surface area contributed by atoms with Crippen LogP contribution in [0.3, 0.4) is 0 Å². The van der Waals surface area contributed by atoms with Gasteiger partial charge in [0.2, 0.25) is 5.78 Å². The SMILES string of the molecule is COc1ccc(C(=O)Nc2ccc(C(=O)c3ccc(N(C)c4ccc(Cl)cc4)cn3)cc2C(=O)O)c(Cl)c1OC. The number of carboxylic acids is 1. The number of methoxy groups -OCH3 is 2. The van der Waals surface area contributed by atoms with Gasteiger partial charge in [-0.05, 0) is 66.7 Å². The summed E-state index contributed by atoms with van der Waals surface area (Å²) >= 11 is 12.3. The van der Waals surface area contributed by atoms with Gasteiger partial charge in [0.05, 0.1) is 47.9 Å². The number of carboxylic acid groups (broad SMARTS) is 1. The minimum Gasteiger partial charge on any atom is -0.493 e. The van der Waals surface area contributed by atoms with Crippen molar-refractivity contribution in [1.82, 2.24) is 4.98 Å². The monoisotopic (exact) mass is 579 g/mol. The Morgan fingerprint density at radius 2 is 1.57 bits per heavy atom. The van der Waals surface area contributed by atoms with Crippen molar-refractivity contribution in [2.75, 3.05) is 31.5 Å². The fraction of sp³-hybridized carbons (Fsp3) is 0.103. The number of amides is 1. The Morgan fingerprint density at radius 1 is 0.875 bits per heavy atom. The van der Waals surface area contributed by atoms with Crippen LogP contribution >= 0.6 is 23.2 Å². The maximum Gasteiger partial charge on any atom is 0.337 e. The summed E-state index contributed by atoms with van der Waals surface area (Å²) in [6.45, 7) is 0. The van der Waals surface area contributed by atoms with Gasteiger partial charge < -0.3 is 24.8 Å². The third kappa shape index (κ3) is 5.85. The summed E-state index contributed by atoms with van der Waals surface area (Å²) in [6, 6.07) is 17.4. The summed E-state index contributed by atoms with van der Waals surface area (Å²) in [6.07, 6.45) is 1.54. The lowest BCUT2D eigenvalue weighted by atomic mass is 10.0. The fourth-order valence-corrected chi connectivity index (χ4v) is 4.35. The van der Waals surface area contributed by atoms with Gasteiger partial charge in [0.25, 0.3) is 5.91 Å². The van der Waals surface area contributed by atoms with Gasteiger partial charge >= 0.3 is 5.97 Å². The number of aromatic nitrogens is 1. The van der Waals surface area contributed by atoms with Crippen LogP contribution in [0, 0.1) is 0 Å². The Labute approximate surface area is 239 Å². The molecule has 11 heteroatoms. The molecule has 0 spiro atoms. The molecule has 0 aliphatic rings. The van der Waals surface area contributed by atoms with Gasteiger partial charge in [-0.3, -0.25) is 14.6 Å². The number of aromatic carboxylic acids is 1. The molecule has 0 saturated heterocycles. The van der Waals surface area contributed by atoms with Crippen molar-refractivity contribution in [1.29, 1.82) is 0 Å². The molecule has 0 bridgehead atoms. The zero-order valence-corrected chi connectivity index (χ0v) is 23.1. The lowest BCUT2D eigenvalue weighted by Gasteiger charge is -2.19. The molecule has 0 fully saturated rings. The molecule has 1 heterocycles. The number of ether oxygens (including phenoxy) is 2. The van der Waals surface area contributed by atoms with Crippen LogP contribution in [0.15, 0.2) is 72.9 Å². The first-order chi connectivity index (χ1) is 19.1. The number of nitrogens with zero attached hydrogens (tertiary/aromatic N) is 2. The molecule has 9 nitrogen and oxygen atoms in total. The Bertz CT molecular complexity index is 1590. The molecule has 0 aliphatic carbocycles. The number of pyridine rings is 1. The highest BCUT2D eigenvalue weighted by molar-refractivity contribution is 6.36. The van der Waals surface area contributed by atoms with Crippen molar-refractivity contribution in [2.45, 2.75) is 0 Å². The Morgan fingerprint density at radius 3 is 2.17 bits per heavy atom. The quantitative estimate of drug-likeness (QED) is 0.220. The average Bonchev–Trinajstić information content (AvgIpc) is 2.96. The van der Waals surface area contributed by atoms with E-state index >= 15 is 0 Å². The molecule has 4 aromatic rings. The summed E-state index contributed by atoms with van der Waals surface area (Å²) in [7, 11) is 4.66. The first-order valence-electron chi connectivity index (χ1n) is 11.7. The van der Waals surface area contributed by atoms with Crippen LogP contribution in [0.2, 0.25) is 10.0 Å². The lowest BCUT2D eigenvalue weighted by molar-refractivity contribution is 0.0698. The standard InChI is InChI=1S/C29H23Cl2N3O6/c1-34(18-7-5-17(30)6-8-18)19-9-12-23(32-15-19)26(35)16-4-11-22(21(14-16)29(37)38)33-28(36)20-10-13-24(39-2)27(40-3)25(20)31/h4-15H,1-3H3,(H,33,36)(H,37,38). The molecule has 1 amide bonds. The second-order valence-electron chi connectivity index (χ2n) is 8.45.